The van der Waals surface area contributed by atoms with Crippen LogP contribution in [0.1, 0.15) is 31.8 Å². The maximum absolute atomic E-state index is 12.7. The summed E-state index contributed by atoms with van der Waals surface area (Å²) in [6.45, 7) is 0. The van der Waals surface area contributed by atoms with Gasteiger partial charge in [0.05, 0.1) is 11.1 Å². The van der Waals surface area contributed by atoms with E-state index >= 15 is 0 Å². The van der Waals surface area contributed by atoms with Gasteiger partial charge in [0.15, 0.2) is 11.6 Å². The van der Waals surface area contributed by atoms with Crippen LogP contribution < -0.4 is 0 Å². The van der Waals surface area contributed by atoms with Crippen molar-refractivity contribution in [1.29, 1.82) is 0 Å². The second-order valence-electron chi connectivity index (χ2n) is 4.97. The molecule has 8 nitrogen and oxygen atoms in total. The monoisotopic (exact) mass is 448 g/mol. The number of rotatable bonds is 2. The molecule has 0 aliphatic heterocycles. The molecule has 0 amide bonds. The van der Waals surface area contributed by atoms with Crippen LogP contribution in [0.25, 0.3) is 0 Å². The van der Waals surface area contributed by atoms with E-state index < -0.39 is 52.7 Å². The zero-order valence-electron chi connectivity index (χ0n) is 11.6. The second-order valence-corrected chi connectivity index (χ2v) is 7.75. The van der Waals surface area contributed by atoms with Gasteiger partial charge in [0.25, 0.3) is 20.2 Å². The van der Waals surface area contributed by atoms with Crippen LogP contribution in [-0.4, -0.2) is 140 Å². The van der Waals surface area contributed by atoms with Gasteiger partial charge in [0, 0.05) is 11.1 Å². The molecule has 0 saturated heterocycles. The van der Waals surface area contributed by atoms with Crippen molar-refractivity contribution in [2.24, 2.45) is 0 Å². The van der Waals surface area contributed by atoms with Crippen molar-refractivity contribution in [3.05, 3.63) is 58.7 Å². The molecule has 0 heterocycles. The number of benzene rings is 2. The summed E-state index contributed by atoms with van der Waals surface area (Å²) in [4.78, 5) is 23.6. The first-order valence-corrected chi connectivity index (χ1v) is 9.22. The molecule has 12 heteroatoms. The van der Waals surface area contributed by atoms with Crippen LogP contribution in [0.5, 0.6) is 0 Å². The van der Waals surface area contributed by atoms with E-state index in [2.05, 4.69) is 0 Å². The molecule has 0 saturated carbocycles. The molecule has 2 aromatic carbocycles. The van der Waals surface area contributed by atoms with Gasteiger partial charge in [-0.15, -0.1) is 0 Å². The van der Waals surface area contributed by atoms with Crippen LogP contribution in [0.4, 0.5) is 0 Å². The Kier molecular flexibility index (Phi) is 8.34. The fraction of sp³-hybridized carbons (Fsp3) is 0. The zero-order valence-corrected chi connectivity index (χ0v) is 13.3. The Labute approximate surface area is 234 Å². The molecule has 0 spiro atoms. The molecule has 0 atom stereocenters. The zero-order chi connectivity index (χ0) is 17.9. The van der Waals surface area contributed by atoms with Crippen molar-refractivity contribution >= 4 is 135 Å². The van der Waals surface area contributed by atoms with E-state index in [-0.39, 0.29) is 114 Å². The van der Waals surface area contributed by atoms with Crippen LogP contribution in [-0.2, 0) is 20.2 Å². The van der Waals surface area contributed by atoms with Gasteiger partial charge in [0.1, 0.15) is 9.79 Å². The summed E-state index contributed by atoms with van der Waals surface area (Å²) in [5.74, 6) is -1.89. The van der Waals surface area contributed by atoms with Gasteiger partial charge < -0.3 is 0 Å². The van der Waals surface area contributed by atoms with E-state index in [4.69, 9.17) is 0 Å². The maximum atomic E-state index is 12.7. The third kappa shape index (κ3) is 4.38. The number of carbonyl (C=O) groups excluding carboxylic acids is 2. The Balaban J connectivity index is 0.00000169. The topological polar surface area (TPSA) is 143 Å². The van der Waals surface area contributed by atoms with Crippen LogP contribution in [0, 0.1) is 0 Å². The molecule has 0 bridgehead atoms. The Morgan fingerprint density at radius 3 is 1.27 bits per heavy atom. The SMILES string of the molecule is O=C1c2cccc(S(=O)(=O)O)c2C(=O)c2c1cccc2S(=O)(=O)O.[KH].[KH]. The first-order valence-electron chi connectivity index (χ1n) is 6.34. The molecule has 1 aliphatic rings. The standard InChI is InChI=1S/C14H8O8S2.2K.2H/c15-13-7-3-1-5-9(23(17,18)19)11(7)14(16)12-8(13)4-2-6-10(12)24(20,21)22;;;;/h1-6H,(H,17,18,19)(H,20,21,22);;;;. The number of fused-ring (bicyclic) bond motifs is 2. The molecule has 1 aliphatic carbocycles. The quantitative estimate of drug-likeness (QED) is 0.400. The van der Waals surface area contributed by atoms with E-state index in [1.807, 2.05) is 0 Å². The predicted octanol–water partition coefficient (Wildman–Crippen LogP) is -0.342. The van der Waals surface area contributed by atoms with Crippen molar-refractivity contribution in [2.75, 3.05) is 0 Å². The van der Waals surface area contributed by atoms with Crippen LogP contribution in [0.3, 0.4) is 0 Å². The molecule has 26 heavy (non-hydrogen) atoms. The van der Waals surface area contributed by atoms with Gasteiger partial charge >= 0.3 is 103 Å². The molecule has 3 rings (SSSR count). The van der Waals surface area contributed by atoms with Gasteiger partial charge in [0.2, 0.25) is 0 Å². The van der Waals surface area contributed by atoms with Crippen molar-refractivity contribution in [1.82, 2.24) is 0 Å². The van der Waals surface area contributed by atoms with E-state index in [9.17, 15) is 35.5 Å². The van der Waals surface area contributed by atoms with Crippen LogP contribution in [0.2, 0.25) is 0 Å². The summed E-state index contributed by atoms with van der Waals surface area (Å²) in [7, 11) is -9.67. The first kappa shape index (κ1) is 24.9. The Hall–Kier alpha value is 0.873. The minimum absolute atomic E-state index is 0. The van der Waals surface area contributed by atoms with Crippen molar-refractivity contribution in [3.8, 4) is 0 Å². The number of carbonyl (C=O) groups is 2. The Morgan fingerprint density at radius 2 is 0.962 bits per heavy atom. The summed E-state index contributed by atoms with van der Waals surface area (Å²) in [5, 5.41) is 0. The average Bonchev–Trinajstić information content (AvgIpc) is 2.49. The molecule has 0 fully saturated rings. The van der Waals surface area contributed by atoms with E-state index in [1.54, 1.807) is 0 Å². The van der Waals surface area contributed by atoms with Gasteiger partial charge in [-0.2, -0.15) is 16.8 Å². The average molecular weight is 449 g/mol. The van der Waals surface area contributed by atoms with E-state index in [0.29, 0.717) is 0 Å². The number of hydrogen-bond acceptors (Lipinski definition) is 6. The Bertz CT molecular complexity index is 1050. The summed E-state index contributed by atoms with van der Waals surface area (Å²) < 4.78 is 64.4. The normalized spacial score (nSPS) is 13.2. The molecular formula is C14H10K2O8S2. The first-order chi connectivity index (χ1) is 11.0. The molecule has 128 valence electrons. The molecular weight excluding hydrogens is 438 g/mol. The van der Waals surface area contributed by atoms with Gasteiger partial charge in [-0.1, -0.05) is 24.3 Å². The van der Waals surface area contributed by atoms with E-state index in [1.165, 1.54) is 24.3 Å². The number of hydrogen-bond donors (Lipinski definition) is 2. The molecule has 0 unspecified atom stereocenters. The fourth-order valence-electron chi connectivity index (χ4n) is 2.61. The van der Waals surface area contributed by atoms with Crippen molar-refractivity contribution in [3.63, 3.8) is 0 Å². The second kappa shape index (κ2) is 8.71. The van der Waals surface area contributed by atoms with Crippen LogP contribution in [0.15, 0.2) is 46.2 Å². The van der Waals surface area contributed by atoms with Crippen LogP contribution >= 0.6 is 0 Å². The summed E-state index contributed by atoms with van der Waals surface area (Å²) >= 11 is 0. The number of ketones is 2. The van der Waals surface area contributed by atoms with Crippen molar-refractivity contribution < 1.29 is 35.5 Å². The Morgan fingerprint density at radius 1 is 0.615 bits per heavy atom. The van der Waals surface area contributed by atoms with Gasteiger partial charge in [-0.25, -0.2) is 0 Å². The summed E-state index contributed by atoms with van der Waals surface area (Å²) in [6.07, 6.45) is 0. The predicted molar refractivity (Wildman–Crippen MR) is 93.7 cm³/mol. The van der Waals surface area contributed by atoms with Gasteiger partial charge in [-0.3, -0.25) is 18.7 Å². The fourth-order valence-corrected chi connectivity index (χ4v) is 4.03. The summed E-state index contributed by atoms with van der Waals surface area (Å²) in [6, 6.07) is 6.55. The summed E-state index contributed by atoms with van der Waals surface area (Å²) in [5.41, 5.74) is -1.83. The third-order valence-electron chi connectivity index (χ3n) is 3.55. The minimum atomic E-state index is -4.84. The third-order valence-corrected chi connectivity index (χ3v) is 5.34. The molecule has 0 aromatic heterocycles. The van der Waals surface area contributed by atoms with Gasteiger partial charge in [-0.05, 0) is 12.1 Å². The molecule has 2 N–H and O–H groups in total. The van der Waals surface area contributed by atoms with Crippen molar-refractivity contribution in [2.45, 2.75) is 9.79 Å². The molecule has 2 aromatic rings. The molecule has 0 radical (unpaired) electrons. The van der Waals surface area contributed by atoms with E-state index in [0.717, 1.165) is 12.1 Å².